The van der Waals surface area contributed by atoms with E-state index in [1.54, 1.807) is 14.0 Å². The Hall–Kier alpha value is -1.35. The summed E-state index contributed by atoms with van der Waals surface area (Å²) in [5, 5.41) is 2.84. The van der Waals surface area contributed by atoms with Crippen molar-refractivity contribution in [1.82, 2.24) is 5.32 Å². The second-order valence-corrected chi connectivity index (χ2v) is 3.61. The van der Waals surface area contributed by atoms with E-state index in [2.05, 4.69) is 5.32 Å². The van der Waals surface area contributed by atoms with E-state index in [1.165, 1.54) is 5.56 Å². The fraction of sp³-hybridized carbons (Fsp3) is 0.417. The highest BCUT2D eigenvalue weighted by molar-refractivity contribution is 5.75. The van der Waals surface area contributed by atoms with Crippen LogP contribution in [0.2, 0.25) is 0 Å². The molecule has 0 aliphatic rings. The number of carbonyl (C=O) groups excluding carboxylic acids is 1. The van der Waals surface area contributed by atoms with Crippen LogP contribution in [0.1, 0.15) is 18.1 Å². The van der Waals surface area contributed by atoms with Crippen molar-refractivity contribution in [2.24, 2.45) is 0 Å². The molecule has 0 aliphatic heterocycles. The Kier molecular flexibility index (Phi) is 4.31. The maximum atomic E-state index is 11.3. The number of esters is 1. The van der Waals surface area contributed by atoms with Gasteiger partial charge >= 0.3 is 5.97 Å². The summed E-state index contributed by atoms with van der Waals surface area (Å²) in [4.78, 5) is 11.3. The molecule has 15 heavy (non-hydrogen) atoms. The van der Waals surface area contributed by atoms with Crippen LogP contribution in [0.4, 0.5) is 0 Å². The molecule has 0 bridgehead atoms. The second-order valence-electron chi connectivity index (χ2n) is 3.61. The molecule has 0 aromatic heterocycles. The zero-order valence-corrected chi connectivity index (χ0v) is 9.41. The maximum Gasteiger partial charge on any atom is 0.323 e. The lowest BCUT2D eigenvalue weighted by Crippen LogP contribution is -2.32. The summed E-state index contributed by atoms with van der Waals surface area (Å²) >= 11 is 0. The van der Waals surface area contributed by atoms with E-state index >= 15 is 0 Å². The Morgan fingerprint density at radius 3 is 2.87 bits per heavy atom. The minimum atomic E-state index is -0.255. The minimum Gasteiger partial charge on any atom is -0.460 e. The largest absolute Gasteiger partial charge is 0.460 e. The zero-order valence-electron chi connectivity index (χ0n) is 9.41. The Balaban J connectivity index is 2.47. The van der Waals surface area contributed by atoms with Gasteiger partial charge in [-0.15, -0.1) is 0 Å². The first-order valence-corrected chi connectivity index (χ1v) is 5.03. The summed E-state index contributed by atoms with van der Waals surface area (Å²) in [6.45, 7) is 4.13. The SMILES string of the molecule is CNC(C)C(=O)OCc1cccc(C)c1. The van der Waals surface area contributed by atoms with E-state index in [0.29, 0.717) is 6.61 Å². The fourth-order valence-corrected chi connectivity index (χ4v) is 1.20. The van der Waals surface area contributed by atoms with Gasteiger partial charge in [0.15, 0.2) is 0 Å². The number of hydrogen-bond acceptors (Lipinski definition) is 3. The molecule has 1 rings (SSSR count). The quantitative estimate of drug-likeness (QED) is 0.763. The maximum absolute atomic E-state index is 11.3. The molecular weight excluding hydrogens is 190 g/mol. The average Bonchev–Trinajstić information content (AvgIpc) is 2.25. The first kappa shape index (κ1) is 11.7. The third kappa shape index (κ3) is 3.72. The second kappa shape index (κ2) is 5.51. The third-order valence-corrected chi connectivity index (χ3v) is 2.25. The van der Waals surface area contributed by atoms with Crippen molar-refractivity contribution in [2.45, 2.75) is 26.5 Å². The summed E-state index contributed by atoms with van der Waals surface area (Å²) in [5.74, 6) is -0.223. The van der Waals surface area contributed by atoms with Crippen LogP contribution >= 0.6 is 0 Å². The average molecular weight is 207 g/mol. The number of benzene rings is 1. The standard InChI is InChI=1S/C12H17NO2/c1-9-5-4-6-11(7-9)8-15-12(14)10(2)13-3/h4-7,10,13H,8H2,1-3H3. The fourth-order valence-electron chi connectivity index (χ4n) is 1.20. The first-order chi connectivity index (χ1) is 7.13. The Labute approximate surface area is 90.4 Å². The van der Waals surface area contributed by atoms with E-state index in [0.717, 1.165) is 5.56 Å². The summed E-state index contributed by atoms with van der Waals surface area (Å²) in [5.41, 5.74) is 2.19. The van der Waals surface area contributed by atoms with Crippen LogP contribution in [0.15, 0.2) is 24.3 Å². The molecule has 0 aliphatic carbocycles. The van der Waals surface area contributed by atoms with Gasteiger partial charge < -0.3 is 10.1 Å². The summed E-state index contributed by atoms with van der Waals surface area (Å²) < 4.78 is 5.13. The number of hydrogen-bond donors (Lipinski definition) is 1. The van der Waals surface area contributed by atoms with Gasteiger partial charge in [0.05, 0.1) is 0 Å². The van der Waals surface area contributed by atoms with Gasteiger partial charge in [0.25, 0.3) is 0 Å². The van der Waals surface area contributed by atoms with Gasteiger partial charge in [-0.25, -0.2) is 0 Å². The third-order valence-electron chi connectivity index (χ3n) is 2.25. The van der Waals surface area contributed by atoms with Gasteiger partial charge in [-0.2, -0.15) is 0 Å². The smallest absolute Gasteiger partial charge is 0.323 e. The molecule has 82 valence electrons. The van der Waals surface area contributed by atoms with Gasteiger partial charge in [-0.1, -0.05) is 29.8 Å². The number of carbonyl (C=O) groups is 1. The number of nitrogens with one attached hydrogen (secondary N) is 1. The molecule has 3 heteroatoms. The zero-order chi connectivity index (χ0) is 11.3. The molecule has 1 atom stereocenters. The van der Waals surface area contributed by atoms with Crippen LogP contribution in [-0.4, -0.2) is 19.1 Å². The highest BCUT2D eigenvalue weighted by Gasteiger charge is 2.11. The predicted molar refractivity (Wildman–Crippen MR) is 59.5 cm³/mol. The van der Waals surface area contributed by atoms with Crippen molar-refractivity contribution in [3.05, 3.63) is 35.4 Å². The molecule has 0 radical (unpaired) electrons. The highest BCUT2D eigenvalue weighted by atomic mass is 16.5. The van der Waals surface area contributed by atoms with Crippen LogP contribution in [0.5, 0.6) is 0 Å². The molecule has 1 N–H and O–H groups in total. The normalized spacial score (nSPS) is 12.2. The number of rotatable bonds is 4. The predicted octanol–water partition coefficient (Wildman–Crippen LogP) is 1.65. The lowest BCUT2D eigenvalue weighted by Gasteiger charge is -2.10. The van der Waals surface area contributed by atoms with Gasteiger partial charge in [0.1, 0.15) is 12.6 Å². The van der Waals surface area contributed by atoms with E-state index in [-0.39, 0.29) is 12.0 Å². The lowest BCUT2D eigenvalue weighted by molar-refractivity contribution is -0.146. The van der Waals surface area contributed by atoms with Crippen molar-refractivity contribution < 1.29 is 9.53 Å². The van der Waals surface area contributed by atoms with Crippen LogP contribution in [-0.2, 0) is 16.1 Å². The molecule has 0 fully saturated rings. The van der Waals surface area contributed by atoms with Gasteiger partial charge in [-0.05, 0) is 26.5 Å². The van der Waals surface area contributed by atoms with E-state index in [9.17, 15) is 4.79 Å². The monoisotopic (exact) mass is 207 g/mol. The molecule has 0 amide bonds. The molecule has 1 aromatic carbocycles. The van der Waals surface area contributed by atoms with Crippen LogP contribution < -0.4 is 5.32 Å². The van der Waals surface area contributed by atoms with Crippen molar-refractivity contribution >= 4 is 5.97 Å². The minimum absolute atomic E-state index is 0.223. The summed E-state index contributed by atoms with van der Waals surface area (Å²) in [7, 11) is 1.73. The molecule has 0 spiro atoms. The van der Waals surface area contributed by atoms with E-state index < -0.39 is 0 Å². The van der Waals surface area contributed by atoms with Crippen LogP contribution in [0.25, 0.3) is 0 Å². The molecule has 1 aromatic rings. The highest BCUT2D eigenvalue weighted by Crippen LogP contribution is 2.05. The van der Waals surface area contributed by atoms with Gasteiger partial charge in [0.2, 0.25) is 0 Å². The van der Waals surface area contributed by atoms with Gasteiger partial charge in [0, 0.05) is 0 Å². The molecule has 0 saturated carbocycles. The Morgan fingerprint density at radius 2 is 2.27 bits per heavy atom. The molecule has 1 unspecified atom stereocenters. The lowest BCUT2D eigenvalue weighted by atomic mass is 10.1. The topological polar surface area (TPSA) is 38.3 Å². The molecule has 0 saturated heterocycles. The van der Waals surface area contributed by atoms with Crippen LogP contribution in [0.3, 0.4) is 0 Å². The van der Waals surface area contributed by atoms with E-state index in [4.69, 9.17) is 4.74 Å². The van der Waals surface area contributed by atoms with E-state index in [1.807, 2.05) is 31.2 Å². The van der Waals surface area contributed by atoms with Gasteiger partial charge in [-0.3, -0.25) is 4.79 Å². The molecule has 0 heterocycles. The summed E-state index contributed by atoms with van der Waals surface area (Å²) in [6.07, 6.45) is 0. The summed E-state index contributed by atoms with van der Waals surface area (Å²) in [6, 6.07) is 7.68. The van der Waals surface area contributed by atoms with Crippen molar-refractivity contribution in [1.29, 1.82) is 0 Å². The first-order valence-electron chi connectivity index (χ1n) is 5.03. The Morgan fingerprint density at radius 1 is 1.53 bits per heavy atom. The van der Waals surface area contributed by atoms with Crippen LogP contribution in [0, 0.1) is 6.92 Å². The molecule has 3 nitrogen and oxygen atoms in total. The van der Waals surface area contributed by atoms with Crippen molar-refractivity contribution in [3.8, 4) is 0 Å². The van der Waals surface area contributed by atoms with Crippen molar-refractivity contribution in [2.75, 3.05) is 7.05 Å². The molecular formula is C12H17NO2. The number of aryl methyl sites for hydroxylation is 1. The van der Waals surface area contributed by atoms with Crippen molar-refractivity contribution in [3.63, 3.8) is 0 Å². The number of likely N-dealkylation sites (N-methyl/N-ethyl adjacent to an activating group) is 1. The number of ether oxygens (including phenoxy) is 1. The Bertz CT molecular complexity index is 336.